The highest BCUT2D eigenvalue weighted by molar-refractivity contribution is 9.10. The summed E-state index contributed by atoms with van der Waals surface area (Å²) in [5, 5.41) is 0. The van der Waals surface area contributed by atoms with Crippen molar-refractivity contribution in [3.05, 3.63) is 70.2 Å². The molecule has 1 fully saturated rings. The quantitative estimate of drug-likeness (QED) is 0.845. The molecule has 0 heterocycles. The predicted octanol–water partition coefficient (Wildman–Crippen LogP) is 4.83. The molecular weight excluding hydrogens is 322 g/mol. The molecule has 110 valence electrons. The minimum atomic E-state index is 0.156. The summed E-state index contributed by atoms with van der Waals surface area (Å²) in [6, 6.07) is 19.6. The molecule has 0 radical (unpaired) electrons. The maximum atomic E-state index is 6.71. The van der Waals surface area contributed by atoms with Gasteiger partial charge >= 0.3 is 0 Å². The van der Waals surface area contributed by atoms with Crippen LogP contribution < -0.4 is 5.73 Å². The van der Waals surface area contributed by atoms with Gasteiger partial charge in [-0.2, -0.15) is 0 Å². The van der Waals surface area contributed by atoms with E-state index in [1.54, 1.807) is 0 Å². The summed E-state index contributed by atoms with van der Waals surface area (Å²) in [6.07, 6.45) is 5.95. The van der Waals surface area contributed by atoms with E-state index in [1.807, 2.05) is 0 Å². The molecule has 0 aromatic heterocycles. The minimum absolute atomic E-state index is 0.156. The zero-order chi connectivity index (χ0) is 14.7. The van der Waals surface area contributed by atoms with E-state index in [-0.39, 0.29) is 11.5 Å². The third-order valence-electron chi connectivity index (χ3n) is 4.90. The van der Waals surface area contributed by atoms with Gasteiger partial charge in [0.25, 0.3) is 0 Å². The fourth-order valence-corrected chi connectivity index (χ4v) is 4.21. The summed E-state index contributed by atoms with van der Waals surface area (Å²) in [4.78, 5) is 0. The van der Waals surface area contributed by atoms with Crippen LogP contribution in [0.25, 0.3) is 0 Å². The summed E-state index contributed by atoms with van der Waals surface area (Å²) in [7, 11) is 0. The van der Waals surface area contributed by atoms with Crippen molar-refractivity contribution in [3.8, 4) is 0 Å². The SMILES string of the molecule is NC(Cc1cccc(Br)c1)C1(c2ccccc2)CCCC1. The first-order valence-corrected chi connectivity index (χ1v) is 8.55. The van der Waals surface area contributed by atoms with Crippen LogP contribution in [0, 0.1) is 0 Å². The topological polar surface area (TPSA) is 26.0 Å². The van der Waals surface area contributed by atoms with Gasteiger partial charge in [0, 0.05) is 15.9 Å². The molecule has 1 aliphatic rings. The van der Waals surface area contributed by atoms with Crippen molar-refractivity contribution < 1.29 is 0 Å². The van der Waals surface area contributed by atoms with Gasteiger partial charge in [0.2, 0.25) is 0 Å². The second kappa shape index (κ2) is 6.33. The molecule has 1 atom stereocenters. The Kier molecular flexibility index (Phi) is 4.46. The lowest BCUT2D eigenvalue weighted by molar-refractivity contribution is 0.347. The highest BCUT2D eigenvalue weighted by Crippen LogP contribution is 2.44. The first kappa shape index (κ1) is 14.8. The summed E-state index contributed by atoms with van der Waals surface area (Å²) < 4.78 is 1.13. The maximum absolute atomic E-state index is 6.71. The summed E-state index contributed by atoms with van der Waals surface area (Å²) in [6.45, 7) is 0. The van der Waals surface area contributed by atoms with Gasteiger partial charge in [-0.05, 0) is 42.5 Å². The van der Waals surface area contributed by atoms with Crippen molar-refractivity contribution in [2.24, 2.45) is 5.73 Å². The third-order valence-corrected chi connectivity index (χ3v) is 5.39. The smallest absolute Gasteiger partial charge is 0.0178 e. The Morgan fingerprint density at radius 2 is 1.71 bits per heavy atom. The molecule has 21 heavy (non-hydrogen) atoms. The van der Waals surface area contributed by atoms with Crippen LogP contribution in [0.5, 0.6) is 0 Å². The van der Waals surface area contributed by atoms with Gasteiger partial charge in [0.1, 0.15) is 0 Å². The van der Waals surface area contributed by atoms with Gasteiger partial charge in [-0.1, -0.05) is 71.2 Å². The molecule has 2 aromatic rings. The van der Waals surface area contributed by atoms with Gasteiger partial charge in [-0.15, -0.1) is 0 Å². The van der Waals surface area contributed by atoms with E-state index < -0.39 is 0 Å². The van der Waals surface area contributed by atoms with Crippen molar-refractivity contribution in [1.82, 2.24) is 0 Å². The molecule has 2 N–H and O–H groups in total. The number of halogens is 1. The molecule has 0 spiro atoms. The maximum Gasteiger partial charge on any atom is 0.0178 e. The summed E-state index contributed by atoms with van der Waals surface area (Å²) in [5.74, 6) is 0. The Balaban J connectivity index is 1.87. The van der Waals surface area contributed by atoms with Crippen LogP contribution in [0.2, 0.25) is 0 Å². The molecule has 2 heteroatoms. The lowest BCUT2D eigenvalue weighted by Crippen LogP contribution is -2.45. The minimum Gasteiger partial charge on any atom is -0.327 e. The van der Waals surface area contributed by atoms with Gasteiger partial charge in [-0.25, -0.2) is 0 Å². The van der Waals surface area contributed by atoms with Crippen LogP contribution in [-0.4, -0.2) is 6.04 Å². The summed E-state index contributed by atoms with van der Waals surface area (Å²) in [5.41, 5.74) is 9.61. The zero-order valence-electron chi connectivity index (χ0n) is 12.3. The summed E-state index contributed by atoms with van der Waals surface area (Å²) >= 11 is 3.55. The number of rotatable bonds is 4. The van der Waals surface area contributed by atoms with Crippen molar-refractivity contribution in [1.29, 1.82) is 0 Å². The van der Waals surface area contributed by atoms with Crippen LogP contribution in [0.1, 0.15) is 36.8 Å². The third kappa shape index (κ3) is 3.07. The molecule has 1 saturated carbocycles. The second-order valence-electron chi connectivity index (χ2n) is 6.17. The van der Waals surface area contributed by atoms with Crippen LogP contribution in [0.15, 0.2) is 59.1 Å². The normalized spacial score (nSPS) is 18.6. The van der Waals surface area contributed by atoms with Crippen LogP contribution in [-0.2, 0) is 11.8 Å². The Bertz CT molecular complexity index is 588. The van der Waals surface area contributed by atoms with Crippen LogP contribution in [0.4, 0.5) is 0 Å². The van der Waals surface area contributed by atoms with E-state index in [2.05, 4.69) is 70.5 Å². The second-order valence-corrected chi connectivity index (χ2v) is 7.09. The average molecular weight is 344 g/mol. The van der Waals surface area contributed by atoms with E-state index in [0.29, 0.717) is 0 Å². The van der Waals surface area contributed by atoms with E-state index in [4.69, 9.17) is 5.73 Å². The highest BCUT2D eigenvalue weighted by atomic mass is 79.9. The van der Waals surface area contributed by atoms with Crippen LogP contribution >= 0.6 is 15.9 Å². The fraction of sp³-hybridized carbons (Fsp3) is 0.368. The van der Waals surface area contributed by atoms with Gasteiger partial charge < -0.3 is 5.73 Å². The van der Waals surface area contributed by atoms with Gasteiger partial charge in [0.15, 0.2) is 0 Å². The average Bonchev–Trinajstić information content (AvgIpc) is 2.99. The predicted molar refractivity (Wildman–Crippen MR) is 92.4 cm³/mol. The molecule has 0 aliphatic heterocycles. The molecule has 1 aliphatic carbocycles. The Morgan fingerprint density at radius 1 is 1.00 bits per heavy atom. The van der Waals surface area contributed by atoms with Gasteiger partial charge in [0.05, 0.1) is 0 Å². The molecule has 1 nitrogen and oxygen atoms in total. The van der Waals surface area contributed by atoms with Gasteiger partial charge in [-0.3, -0.25) is 0 Å². The molecule has 0 bridgehead atoms. The monoisotopic (exact) mass is 343 g/mol. The van der Waals surface area contributed by atoms with Crippen molar-refractivity contribution in [2.75, 3.05) is 0 Å². The number of hydrogen-bond donors (Lipinski definition) is 1. The Morgan fingerprint density at radius 3 is 2.38 bits per heavy atom. The van der Waals surface area contributed by atoms with E-state index >= 15 is 0 Å². The molecular formula is C19H22BrN. The van der Waals surface area contributed by atoms with Crippen LogP contribution in [0.3, 0.4) is 0 Å². The van der Waals surface area contributed by atoms with Crippen molar-refractivity contribution in [2.45, 2.75) is 43.6 Å². The molecule has 0 amide bonds. The lowest BCUT2D eigenvalue weighted by atomic mass is 9.71. The van der Waals surface area contributed by atoms with Crippen molar-refractivity contribution >= 4 is 15.9 Å². The van der Waals surface area contributed by atoms with E-state index in [0.717, 1.165) is 10.9 Å². The lowest BCUT2D eigenvalue weighted by Gasteiger charge is -2.36. The first-order valence-electron chi connectivity index (χ1n) is 7.76. The number of hydrogen-bond acceptors (Lipinski definition) is 1. The molecule has 0 saturated heterocycles. The van der Waals surface area contributed by atoms with Crippen molar-refractivity contribution in [3.63, 3.8) is 0 Å². The van der Waals surface area contributed by atoms with E-state index in [9.17, 15) is 0 Å². The number of nitrogens with two attached hydrogens (primary N) is 1. The zero-order valence-corrected chi connectivity index (χ0v) is 13.9. The first-order chi connectivity index (χ1) is 10.2. The largest absolute Gasteiger partial charge is 0.327 e. The fourth-order valence-electron chi connectivity index (χ4n) is 3.76. The molecule has 1 unspecified atom stereocenters. The molecule has 2 aromatic carbocycles. The molecule has 3 rings (SSSR count). The Labute approximate surface area is 135 Å². The van der Waals surface area contributed by atoms with E-state index in [1.165, 1.54) is 36.8 Å². The number of benzene rings is 2. The Hall–Kier alpha value is -1.12. The standard InChI is InChI=1S/C19H22BrN/c20-17-10-6-7-15(13-17)14-18(21)19(11-4-5-12-19)16-8-2-1-3-9-16/h1-3,6-10,13,18H,4-5,11-12,14,21H2. The highest BCUT2D eigenvalue weighted by Gasteiger charge is 2.40.